The van der Waals surface area contributed by atoms with Gasteiger partial charge in [0, 0.05) is 72.7 Å². The van der Waals surface area contributed by atoms with E-state index in [4.69, 9.17) is 0 Å². The minimum Gasteiger partial charge on any atom is -0.494 e. The van der Waals surface area contributed by atoms with Gasteiger partial charge in [0.15, 0.2) is 11.0 Å². The van der Waals surface area contributed by atoms with Crippen molar-refractivity contribution in [1.82, 2.24) is 19.4 Å². The first-order valence-corrected chi connectivity index (χ1v) is 14.2. The average Bonchev–Trinajstić information content (AvgIpc) is 3.47. The predicted octanol–water partition coefficient (Wildman–Crippen LogP) is 3.92. The van der Waals surface area contributed by atoms with Gasteiger partial charge in [-0.1, -0.05) is 18.2 Å². The lowest BCUT2D eigenvalue weighted by Crippen LogP contribution is -2.55. The fraction of sp³-hybridized carbons (Fsp3) is 0.345. The van der Waals surface area contributed by atoms with Crippen LogP contribution in [0.5, 0.6) is 5.88 Å². The Morgan fingerprint density at radius 2 is 2.00 bits per heavy atom. The van der Waals surface area contributed by atoms with Crippen molar-refractivity contribution in [2.75, 3.05) is 43.4 Å². The van der Waals surface area contributed by atoms with Gasteiger partial charge in [0.25, 0.3) is 5.91 Å². The summed E-state index contributed by atoms with van der Waals surface area (Å²) in [7, 11) is 2.06. The number of amides is 2. The number of likely N-dealkylation sites (N-methyl/N-ethyl adjacent to an activating group) is 1. The Balaban J connectivity index is 1.15. The third kappa shape index (κ3) is 5.02. The molecule has 0 spiro atoms. The number of aromatic nitrogens is 2. The van der Waals surface area contributed by atoms with Crippen molar-refractivity contribution in [2.24, 2.45) is 0 Å². The van der Waals surface area contributed by atoms with E-state index in [9.17, 15) is 19.1 Å². The molecule has 11 heteroatoms. The number of piperazine rings is 1. The van der Waals surface area contributed by atoms with Gasteiger partial charge in [-0.15, -0.1) is 11.3 Å². The number of carbonyl (C=O) groups is 2. The van der Waals surface area contributed by atoms with E-state index in [1.807, 2.05) is 36.1 Å². The van der Waals surface area contributed by atoms with Gasteiger partial charge in [-0.2, -0.15) is 0 Å². The number of fused-ring (bicyclic) bond motifs is 2. The van der Waals surface area contributed by atoms with Gasteiger partial charge < -0.3 is 24.4 Å². The zero-order valence-corrected chi connectivity index (χ0v) is 23.2. The standard InChI is InChI=1S/C29H31FN6O3S/c1-18-14-34(11-12-36(18)26(37)17-35-15-19-5-3-4-6-21(19)28(35)39)24-8-7-20(30)13-22(24)27(38)32-29-31-23-9-10-33(2)16-25(23)40-29/h3-8,13,15,18,39H,9-12,14,16-17H2,1-2H3,(H,31,32,38)/t18-/m1/s1. The lowest BCUT2D eigenvalue weighted by atomic mass is 10.1. The summed E-state index contributed by atoms with van der Waals surface area (Å²) in [5.74, 6) is -0.923. The Hall–Kier alpha value is -3.96. The van der Waals surface area contributed by atoms with Crippen LogP contribution in [0, 0.1) is 5.82 Å². The van der Waals surface area contributed by atoms with E-state index < -0.39 is 11.7 Å². The van der Waals surface area contributed by atoms with E-state index >= 15 is 0 Å². The van der Waals surface area contributed by atoms with Gasteiger partial charge in [-0.3, -0.25) is 14.9 Å². The van der Waals surface area contributed by atoms with Crippen LogP contribution in [-0.4, -0.2) is 75.5 Å². The lowest BCUT2D eigenvalue weighted by molar-refractivity contribution is -0.134. The summed E-state index contributed by atoms with van der Waals surface area (Å²) in [6.07, 6.45) is 2.62. The maximum absolute atomic E-state index is 14.3. The van der Waals surface area contributed by atoms with Crippen molar-refractivity contribution in [3.63, 3.8) is 0 Å². The molecule has 1 fully saturated rings. The number of anilines is 2. The van der Waals surface area contributed by atoms with Gasteiger partial charge >= 0.3 is 0 Å². The zero-order chi connectivity index (χ0) is 28.0. The summed E-state index contributed by atoms with van der Waals surface area (Å²) < 4.78 is 15.9. The molecule has 4 aromatic rings. The predicted molar refractivity (Wildman–Crippen MR) is 153 cm³/mol. The molecule has 6 rings (SSSR count). The fourth-order valence-electron chi connectivity index (χ4n) is 5.61. The zero-order valence-electron chi connectivity index (χ0n) is 22.4. The lowest BCUT2D eigenvalue weighted by Gasteiger charge is -2.41. The van der Waals surface area contributed by atoms with Crippen LogP contribution in [0.1, 0.15) is 27.9 Å². The second-order valence-electron chi connectivity index (χ2n) is 10.5. The summed E-state index contributed by atoms with van der Waals surface area (Å²) >= 11 is 1.46. The molecule has 1 atom stereocenters. The van der Waals surface area contributed by atoms with E-state index in [1.54, 1.807) is 21.7 Å². The van der Waals surface area contributed by atoms with Crippen molar-refractivity contribution >= 4 is 44.7 Å². The molecule has 0 bridgehead atoms. The number of benzene rings is 2. The Morgan fingerprint density at radius 3 is 2.80 bits per heavy atom. The average molecular weight is 563 g/mol. The number of carbonyl (C=O) groups excluding carboxylic acids is 2. The summed E-state index contributed by atoms with van der Waals surface area (Å²) in [5, 5.41) is 15.6. The highest BCUT2D eigenvalue weighted by molar-refractivity contribution is 7.15. The minimum absolute atomic E-state index is 0.0304. The van der Waals surface area contributed by atoms with Gasteiger partial charge in [-0.05, 0) is 38.2 Å². The van der Waals surface area contributed by atoms with E-state index in [2.05, 4.69) is 22.2 Å². The molecule has 4 heterocycles. The third-order valence-corrected chi connectivity index (χ3v) is 8.71. The Bertz CT molecular complexity index is 1600. The van der Waals surface area contributed by atoms with Crippen LogP contribution in [0.25, 0.3) is 10.8 Å². The Kier molecular flexibility index (Phi) is 6.93. The minimum atomic E-state index is -0.491. The highest BCUT2D eigenvalue weighted by Crippen LogP contribution is 2.31. The second-order valence-corrected chi connectivity index (χ2v) is 11.6. The normalized spacial score (nSPS) is 17.7. The molecule has 1 saturated heterocycles. The SMILES string of the molecule is C[C@@H]1CN(c2ccc(F)cc2C(=O)Nc2nc3c(s2)CN(C)CC3)CCN1C(=O)Cn1cc2ccccc2c1O. The fourth-order valence-corrected chi connectivity index (χ4v) is 6.69. The van der Waals surface area contributed by atoms with E-state index in [0.29, 0.717) is 35.8 Å². The second kappa shape index (κ2) is 10.5. The number of hydrogen-bond acceptors (Lipinski definition) is 7. The molecular weight excluding hydrogens is 531 g/mol. The number of halogens is 1. The Morgan fingerprint density at radius 1 is 1.18 bits per heavy atom. The van der Waals surface area contributed by atoms with Crippen molar-refractivity contribution in [3.8, 4) is 5.88 Å². The molecule has 2 amide bonds. The number of rotatable bonds is 5. The Labute approximate surface area is 235 Å². The number of nitrogens with one attached hydrogen (secondary N) is 1. The van der Waals surface area contributed by atoms with Crippen molar-refractivity contribution in [1.29, 1.82) is 0 Å². The molecular formula is C29H31FN6O3S. The highest BCUT2D eigenvalue weighted by atomic mass is 32.1. The molecule has 2 aliphatic heterocycles. The first-order valence-electron chi connectivity index (χ1n) is 13.4. The van der Waals surface area contributed by atoms with E-state index in [1.165, 1.54) is 23.5 Å². The van der Waals surface area contributed by atoms with Crippen LogP contribution < -0.4 is 10.2 Å². The molecule has 2 N–H and O–H groups in total. The van der Waals surface area contributed by atoms with Crippen molar-refractivity contribution in [3.05, 3.63) is 70.6 Å². The molecule has 0 saturated carbocycles. The number of hydrogen-bond donors (Lipinski definition) is 2. The molecule has 9 nitrogen and oxygen atoms in total. The molecule has 2 aromatic carbocycles. The molecule has 2 aliphatic rings. The van der Waals surface area contributed by atoms with E-state index in [0.717, 1.165) is 35.5 Å². The molecule has 0 aliphatic carbocycles. The quantitative estimate of drug-likeness (QED) is 0.383. The topological polar surface area (TPSA) is 93.9 Å². The number of aromatic hydroxyl groups is 1. The van der Waals surface area contributed by atoms with Gasteiger partial charge in [-0.25, -0.2) is 9.37 Å². The van der Waals surface area contributed by atoms with Crippen LogP contribution in [0.2, 0.25) is 0 Å². The van der Waals surface area contributed by atoms with Gasteiger partial charge in [0.1, 0.15) is 12.4 Å². The molecule has 208 valence electrons. The van der Waals surface area contributed by atoms with E-state index in [-0.39, 0.29) is 29.9 Å². The smallest absolute Gasteiger partial charge is 0.259 e. The van der Waals surface area contributed by atoms with Crippen LogP contribution in [-0.2, 0) is 24.3 Å². The maximum Gasteiger partial charge on any atom is 0.259 e. The first kappa shape index (κ1) is 26.3. The largest absolute Gasteiger partial charge is 0.494 e. The molecule has 40 heavy (non-hydrogen) atoms. The molecule has 0 radical (unpaired) electrons. The molecule has 0 unspecified atom stereocenters. The van der Waals surface area contributed by atoms with Crippen LogP contribution in [0.3, 0.4) is 0 Å². The van der Waals surface area contributed by atoms with Crippen LogP contribution in [0.4, 0.5) is 15.2 Å². The molecule has 2 aromatic heterocycles. The third-order valence-electron chi connectivity index (χ3n) is 7.71. The summed E-state index contributed by atoms with van der Waals surface area (Å²) in [4.78, 5) is 38.3. The maximum atomic E-state index is 14.3. The van der Waals surface area contributed by atoms with Crippen molar-refractivity contribution < 1.29 is 19.1 Å². The number of thiazole rings is 1. The van der Waals surface area contributed by atoms with Gasteiger partial charge in [0.05, 0.1) is 11.3 Å². The first-order chi connectivity index (χ1) is 19.3. The van der Waals surface area contributed by atoms with Crippen molar-refractivity contribution in [2.45, 2.75) is 32.5 Å². The summed E-state index contributed by atoms with van der Waals surface area (Å²) in [6, 6.07) is 11.5. The summed E-state index contributed by atoms with van der Waals surface area (Å²) in [5.41, 5.74) is 1.86. The number of nitrogens with zero attached hydrogens (tertiary/aromatic N) is 5. The highest BCUT2D eigenvalue weighted by Gasteiger charge is 2.30. The summed E-state index contributed by atoms with van der Waals surface area (Å²) in [6.45, 7) is 5.12. The van der Waals surface area contributed by atoms with Crippen LogP contribution in [0.15, 0.2) is 48.7 Å². The monoisotopic (exact) mass is 562 g/mol. The van der Waals surface area contributed by atoms with Crippen LogP contribution >= 0.6 is 11.3 Å². The van der Waals surface area contributed by atoms with Gasteiger partial charge in [0.2, 0.25) is 5.91 Å².